The zero-order valence-corrected chi connectivity index (χ0v) is 14.7. The number of nitrogens with one attached hydrogen (secondary N) is 1. The lowest BCUT2D eigenvalue weighted by molar-refractivity contribution is -0.143. The van der Waals surface area contributed by atoms with Gasteiger partial charge in [0.1, 0.15) is 5.75 Å². The van der Waals surface area contributed by atoms with E-state index in [1.807, 2.05) is 0 Å². The Labute approximate surface area is 157 Å². The van der Waals surface area contributed by atoms with Gasteiger partial charge in [0.2, 0.25) is 0 Å². The van der Waals surface area contributed by atoms with Crippen molar-refractivity contribution in [3.05, 3.63) is 71.0 Å². The third-order valence-electron chi connectivity index (χ3n) is 3.68. The summed E-state index contributed by atoms with van der Waals surface area (Å²) in [6.07, 6.45) is -3.91. The quantitative estimate of drug-likeness (QED) is 0.690. The molecule has 0 aliphatic rings. The monoisotopic (exact) mass is 395 g/mol. The van der Waals surface area contributed by atoms with Crippen molar-refractivity contribution < 1.29 is 22.7 Å². The van der Waals surface area contributed by atoms with E-state index < -0.39 is 23.3 Å². The summed E-state index contributed by atoms with van der Waals surface area (Å²) in [5.41, 5.74) is -1.34. The first kappa shape index (κ1) is 18.8. The van der Waals surface area contributed by atoms with E-state index >= 15 is 0 Å². The Hall–Kier alpha value is -3.00. The Kier molecular flexibility index (Phi) is 5.09. The maximum absolute atomic E-state index is 13.6. The third kappa shape index (κ3) is 4.06. The first-order valence-electron chi connectivity index (χ1n) is 7.66. The number of anilines is 1. The van der Waals surface area contributed by atoms with Crippen LogP contribution in [0.25, 0.3) is 5.69 Å². The van der Waals surface area contributed by atoms with E-state index in [2.05, 4.69) is 10.4 Å². The lowest BCUT2D eigenvalue weighted by Gasteiger charge is -2.13. The smallest absolute Gasteiger partial charge is 0.434 e. The maximum Gasteiger partial charge on any atom is 0.434 e. The van der Waals surface area contributed by atoms with Crippen molar-refractivity contribution in [2.24, 2.45) is 0 Å². The molecule has 0 bridgehead atoms. The molecule has 0 radical (unpaired) electrons. The number of carbonyl (C=O) groups excluding carboxylic acids is 1. The minimum absolute atomic E-state index is 0.132. The topological polar surface area (TPSA) is 56.1 Å². The van der Waals surface area contributed by atoms with E-state index in [1.54, 1.807) is 12.1 Å². The number of hydrogen-bond acceptors (Lipinski definition) is 3. The summed E-state index contributed by atoms with van der Waals surface area (Å²) in [6, 6.07) is 11.9. The molecular weight excluding hydrogens is 383 g/mol. The molecule has 5 nitrogen and oxygen atoms in total. The van der Waals surface area contributed by atoms with E-state index in [4.69, 9.17) is 16.3 Å². The van der Waals surface area contributed by atoms with Gasteiger partial charge in [-0.05, 0) is 36.4 Å². The van der Waals surface area contributed by atoms with Crippen molar-refractivity contribution in [2.45, 2.75) is 6.18 Å². The highest BCUT2D eigenvalue weighted by Gasteiger charge is 2.40. The summed E-state index contributed by atoms with van der Waals surface area (Å²) in [4.78, 5) is 12.5. The maximum atomic E-state index is 13.6. The van der Waals surface area contributed by atoms with Crippen LogP contribution in [0.15, 0.2) is 54.7 Å². The van der Waals surface area contributed by atoms with Gasteiger partial charge in [-0.25, -0.2) is 4.68 Å². The van der Waals surface area contributed by atoms with E-state index in [0.29, 0.717) is 21.1 Å². The van der Waals surface area contributed by atoms with Gasteiger partial charge in [0.25, 0.3) is 5.91 Å². The fourth-order valence-corrected chi connectivity index (χ4v) is 2.59. The van der Waals surface area contributed by atoms with Crippen LogP contribution in [0.4, 0.5) is 18.9 Å². The molecule has 0 aliphatic carbocycles. The van der Waals surface area contributed by atoms with Crippen molar-refractivity contribution >= 4 is 23.2 Å². The summed E-state index contributed by atoms with van der Waals surface area (Å²) in [5.74, 6) is -0.475. The van der Waals surface area contributed by atoms with Gasteiger partial charge in [-0.15, -0.1) is 0 Å². The summed E-state index contributed by atoms with van der Waals surface area (Å²) in [6.45, 7) is 0. The number of rotatable bonds is 4. The first-order valence-corrected chi connectivity index (χ1v) is 8.04. The molecule has 27 heavy (non-hydrogen) atoms. The van der Waals surface area contributed by atoms with Crippen LogP contribution in [0.1, 0.15) is 16.1 Å². The van der Waals surface area contributed by atoms with E-state index in [0.717, 1.165) is 6.20 Å². The Morgan fingerprint density at radius 3 is 2.52 bits per heavy atom. The lowest BCUT2D eigenvalue weighted by Crippen LogP contribution is -2.20. The Morgan fingerprint density at radius 1 is 1.19 bits per heavy atom. The first-order chi connectivity index (χ1) is 12.8. The van der Waals surface area contributed by atoms with Crippen LogP contribution in [0.3, 0.4) is 0 Å². The van der Waals surface area contributed by atoms with Crippen LogP contribution < -0.4 is 10.1 Å². The lowest BCUT2D eigenvalue weighted by atomic mass is 10.2. The van der Waals surface area contributed by atoms with Crippen LogP contribution in [0.5, 0.6) is 5.75 Å². The highest BCUT2D eigenvalue weighted by molar-refractivity contribution is 6.30. The van der Waals surface area contributed by atoms with Crippen molar-refractivity contribution in [2.75, 3.05) is 12.4 Å². The molecule has 0 unspecified atom stereocenters. The number of hydrogen-bond donors (Lipinski definition) is 1. The molecule has 3 aromatic rings. The van der Waals surface area contributed by atoms with E-state index in [-0.39, 0.29) is 5.69 Å². The van der Waals surface area contributed by atoms with E-state index in [9.17, 15) is 18.0 Å². The molecule has 0 aliphatic heterocycles. The number of methoxy groups -OCH3 is 1. The molecule has 1 N–H and O–H groups in total. The van der Waals surface area contributed by atoms with Gasteiger partial charge in [-0.1, -0.05) is 17.7 Å². The number of ether oxygens (including phenoxy) is 1. The number of benzene rings is 2. The molecule has 1 aromatic heterocycles. The molecule has 140 valence electrons. The van der Waals surface area contributed by atoms with Gasteiger partial charge in [0, 0.05) is 16.8 Å². The number of aromatic nitrogens is 2. The minimum Gasteiger partial charge on any atom is -0.497 e. The number of nitrogens with zero attached hydrogens (tertiary/aromatic N) is 2. The molecule has 0 saturated heterocycles. The fraction of sp³-hybridized carbons (Fsp3) is 0.111. The van der Waals surface area contributed by atoms with Crippen LogP contribution in [-0.4, -0.2) is 22.8 Å². The van der Waals surface area contributed by atoms with Gasteiger partial charge >= 0.3 is 6.18 Å². The summed E-state index contributed by atoms with van der Waals surface area (Å²) in [7, 11) is 1.44. The van der Waals surface area contributed by atoms with Crippen molar-refractivity contribution in [1.82, 2.24) is 9.78 Å². The molecule has 0 fully saturated rings. The second kappa shape index (κ2) is 7.32. The van der Waals surface area contributed by atoms with Crippen LogP contribution in [0.2, 0.25) is 5.02 Å². The molecule has 1 amide bonds. The van der Waals surface area contributed by atoms with Crippen molar-refractivity contribution in [3.63, 3.8) is 0 Å². The molecule has 3 rings (SSSR count). The van der Waals surface area contributed by atoms with Gasteiger partial charge in [-0.2, -0.15) is 18.3 Å². The Balaban J connectivity index is 1.99. The predicted octanol–water partition coefficient (Wildman–Crippen LogP) is 4.81. The highest BCUT2D eigenvalue weighted by Crippen LogP contribution is 2.34. The van der Waals surface area contributed by atoms with Gasteiger partial charge in [0.15, 0.2) is 5.69 Å². The fourth-order valence-electron chi connectivity index (χ4n) is 2.46. The molecule has 9 heteroatoms. The zero-order chi connectivity index (χ0) is 19.6. The molecule has 1 heterocycles. The second-order valence-corrected chi connectivity index (χ2v) is 5.92. The van der Waals surface area contributed by atoms with Gasteiger partial charge in [0.05, 0.1) is 24.6 Å². The third-order valence-corrected chi connectivity index (χ3v) is 3.93. The molecular formula is C18H13ClF3N3O2. The summed E-state index contributed by atoms with van der Waals surface area (Å²) < 4.78 is 46.6. The Bertz CT molecular complexity index is 969. The van der Waals surface area contributed by atoms with Gasteiger partial charge < -0.3 is 10.1 Å². The van der Waals surface area contributed by atoms with Crippen LogP contribution in [0, 0.1) is 0 Å². The summed E-state index contributed by atoms with van der Waals surface area (Å²) >= 11 is 5.77. The normalized spacial score (nSPS) is 11.3. The predicted molar refractivity (Wildman–Crippen MR) is 94.5 cm³/mol. The van der Waals surface area contributed by atoms with Crippen LogP contribution in [-0.2, 0) is 6.18 Å². The van der Waals surface area contributed by atoms with Crippen molar-refractivity contribution in [3.8, 4) is 11.4 Å². The largest absolute Gasteiger partial charge is 0.497 e. The molecule has 2 aromatic carbocycles. The van der Waals surface area contributed by atoms with E-state index in [1.165, 1.54) is 43.5 Å². The average molecular weight is 396 g/mol. The average Bonchev–Trinajstić information content (AvgIpc) is 3.08. The number of alkyl halides is 3. The highest BCUT2D eigenvalue weighted by atomic mass is 35.5. The minimum atomic E-state index is -4.79. The molecule has 0 atom stereocenters. The SMILES string of the molecule is COc1cccc(NC(=O)c2cnn(-c3ccc(Cl)cc3)c2C(F)(F)F)c1. The molecule has 0 saturated carbocycles. The van der Waals surface area contributed by atoms with Gasteiger partial charge in [-0.3, -0.25) is 4.79 Å². The standard InChI is InChI=1S/C18H13ClF3N3O2/c1-27-14-4-2-3-12(9-14)24-17(26)15-10-23-25(16(15)18(20,21)22)13-7-5-11(19)6-8-13/h2-10H,1H3,(H,24,26). The summed E-state index contributed by atoms with van der Waals surface area (Å²) in [5, 5.41) is 6.54. The number of amides is 1. The second-order valence-electron chi connectivity index (χ2n) is 5.48. The van der Waals surface area contributed by atoms with Crippen LogP contribution >= 0.6 is 11.6 Å². The Morgan fingerprint density at radius 2 is 1.89 bits per heavy atom. The molecule has 0 spiro atoms. The van der Waals surface area contributed by atoms with Crippen molar-refractivity contribution in [1.29, 1.82) is 0 Å². The number of carbonyl (C=O) groups is 1. The number of halogens is 4. The zero-order valence-electron chi connectivity index (χ0n) is 13.9.